The van der Waals surface area contributed by atoms with Gasteiger partial charge in [-0.1, -0.05) is 44.0 Å². The average molecular weight is 664 g/mol. The molecule has 0 aliphatic heterocycles. The minimum atomic E-state index is -0.896. The number of methoxy groups -OCH3 is 1. The molecule has 0 bridgehead atoms. The van der Waals surface area contributed by atoms with Crippen LogP contribution in [0.25, 0.3) is 0 Å². The van der Waals surface area contributed by atoms with Gasteiger partial charge in [-0.2, -0.15) is 5.10 Å². The number of rotatable bonds is 13. The summed E-state index contributed by atoms with van der Waals surface area (Å²) in [5.74, 6) is 0.801. The highest BCUT2D eigenvalue weighted by molar-refractivity contribution is 14.1. The molecule has 37 heavy (non-hydrogen) atoms. The summed E-state index contributed by atoms with van der Waals surface area (Å²) in [6.07, 6.45) is 1.90. The average Bonchev–Trinajstić information content (AvgIpc) is 2.83. The van der Waals surface area contributed by atoms with Crippen molar-refractivity contribution in [1.82, 2.24) is 10.7 Å². The predicted octanol–water partition coefficient (Wildman–Crippen LogP) is 5.84. The van der Waals surface area contributed by atoms with E-state index in [0.29, 0.717) is 35.3 Å². The molecule has 0 unspecified atom stereocenters. The zero-order valence-corrected chi connectivity index (χ0v) is 25.1. The summed E-state index contributed by atoms with van der Waals surface area (Å²) in [6.45, 7) is 8.10. The lowest BCUT2D eigenvalue weighted by Crippen LogP contribution is -2.49. The summed E-state index contributed by atoms with van der Waals surface area (Å²) in [5.41, 5.74) is 3.24. The van der Waals surface area contributed by atoms with Crippen molar-refractivity contribution >= 4 is 63.8 Å². The van der Waals surface area contributed by atoms with Crippen LogP contribution in [-0.4, -0.2) is 43.9 Å². The monoisotopic (exact) mass is 663 g/mol. The molecule has 11 heteroatoms. The Hall–Kier alpha value is -2.24. The van der Waals surface area contributed by atoms with Crippen molar-refractivity contribution in [2.24, 2.45) is 11.0 Å². The Morgan fingerprint density at radius 1 is 1.11 bits per heavy atom. The van der Waals surface area contributed by atoms with Crippen LogP contribution in [0.3, 0.4) is 0 Å². The highest BCUT2D eigenvalue weighted by atomic mass is 127. The van der Waals surface area contributed by atoms with E-state index in [-0.39, 0.29) is 10.9 Å². The molecule has 0 aliphatic carbocycles. The first kappa shape index (κ1) is 31.0. The molecule has 202 valence electrons. The standard InChI is InChI=1S/C26H32Cl2IN3O5/c1-6-9-36-24-20(29)11-17(12-23(24)35-5)14-30-32-26(34)21(10-15(2)3)31-25(33)16(4)37-22-8-7-18(27)13-19(22)28/h7-8,11-16,21H,6,9-10H2,1-5H3,(H,31,33)(H,32,34)/b30-14-/t16-,21+/m0/s1. The van der Waals surface area contributed by atoms with Crippen LogP contribution < -0.4 is 25.0 Å². The summed E-state index contributed by atoms with van der Waals surface area (Å²) < 4.78 is 17.7. The van der Waals surface area contributed by atoms with Crippen LogP contribution in [-0.2, 0) is 9.59 Å². The molecule has 0 aliphatic rings. The molecule has 2 amide bonds. The van der Waals surface area contributed by atoms with Gasteiger partial charge in [0.1, 0.15) is 11.8 Å². The third kappa shape index (κ3) is 9.86. The summed E-state index contributed by atoms with van der Waals surface area (Å²) in [6, 6.07) is 7.56. The van der Waals surface area contributed by atoms with Gasteiger partial charge in [-0.3, -0.25) is 9.59 Å². The Morgan fingerprint density at radius 2 is 1.84 bits per heavy atom. The molecule has 0 fully saturated rings. The third-order valence-electron chi connectivity index (χ3n) is 5.00. The predicted molar refractivity (Wildman–Crippen MR) is 155 cm³/mol. The second kappa shape index (κ2) is 15.2. The second-order valence-electron chi connectivity index (χ2n) is 8.64. The van der Waals surface area contributed by atoms with Crippen LogP contribution in [0.1, 0.15) is 46.1 Å². The van der Waals surface area contributed by atoms with Gasteiger partial charge in [-0.25, -0.2) is 5.43 Å². The molecule has 0 saturated heterocycles. The lowest BCUT2D eigenvalue weighted by molar-refractivity contribution is -0.132. The molecular weight excluding hydrogens is 632 g/mol. The van der Waals surface area contributed by atoms with E-state index in [1.54, 1.807) is 32.2 Å². The second-order valence-corrected chi connectivity index (χ2v) is 10.6. The van der Waals surface area contributed by atoms with E-state index >= 15 is 0 Å². The van der Waals surface area contributed by atoms with Crippen LogP contribution in [0.5, 0.6) is 17.2 Å². The molecule has 2 N–H and O–H groups in total. The maximum atomic E-state index is 12.9. The maximum absolute atomic E-state index is 12.9. The third-order valence-corrected chi connectivity index (χ3v) is 6.33. The zero-order chi connectivity index (χ0) is 27.5. The maximum Gasteiger partial charge on any atom is 0.262 e. The summed E-state index contributed by atoms with van der Waals surface area (Å²) in [5, 5.41) is 7.57. The molecule has 2 aromatic carbocycles. The van der Waals surface area contributed by atoms with Crippen molar-refractivity contribution in [2.75, 3.05) is 13.7 Å². The molecule has 0 aromatic heterocycles. The van der Waals surface area contributed by atoms with E-state index < -0.39 is 24.0 Å². The number of benzene rings is 2. The minimum absolute atomic E-state index is 0.142. The number of nitrogens with zero attached hydrogens (tertiary/aromatic N) is 1. The molecule has 2 atom stereocenters. The van der Waals surface area contributed by atoms with Gasteiger partial charge in [0.15, 0.2) is 17.6 Å². The number of nitrogens with one attached hydrogen (secondary N) is 2. The van der Waals surface area contributed by atoms with Crippen LogP contribution in [0, 0.1) is 9.49 Å². The minimum Gasteiger partial charge on any atom is -0.493 e. The van der Waals surface area contributed by atoms with Crippen LogP contribution in [0.4, 0.5) is 0 Å². The first-order valence-electron chi connectivity index (χ1n) is 11.8. The smallest absolute Gasteiger partial charge is 0.262 e. The Labute approximate surface area is 241 Å². The lowest BCUT2D eigenvalue weighted by atomic mass is 10.0. The fraction of sp³-hybridized carbons (Fsp3) is 0.423. The van der Waals surface area contributed by atoms with Crippen molar-refractivity contribution < 1.29 is 23.8 Å². The fourth-order valence-electron chi connectivity index (χ4n) is 3.21. The van der Waals surface area contributed by atoms with Gasteiger partial charge in [0.25, 0.3) is 11.8 Å². The van der Waals surface area contributed by atoms with Gasteiger partial charge in [0.2, 0.25) is 0 Å². The number of amides is 2. The first-order valence-corrected chi connectivity index (χ1v) is 13.6. The van der Waals surface area contributed by atoms with Crippen molar-refractivity contribution in [3.8, 4) is 17.2 Å². The topological polar surface area (TPSA) is 98.2 Å². The van der Waals surface area contributed by atoms with E-state index in [4.69, 9.17) is 37.4 Å². The van der Waals surface area contributed by atoms with E-state index in [1.165, 1.54) is 12.3 Å². The van der Waals surface area contributed by atoms with Crippen molar-refractivity contribution in [2.45, 2.75) is 52.7 Å². The van der Waals surface area contributed by atoms with Crippen LogP contribution >= 0.6 is 45.8 Å². The summed E-state index contributed by atoms with van der Waals surface area (Å²) >= 11 is 14.2. The van der Waals surface area contributed by atoms with Gasteiger partial charge >= 0.3 is 0 Å². The highest BCUT2D eigenvalue weighted by Gasteiger charge is 2.25. The largest absolute Gasteiger partial charge is 0.493 e. The van der Waals surface area contributed by atoms with E-state index in [1.807, 2.05) is 26.8 Å². The number of ether oxygens (including phenoxy) is 3. The molecule has 0 spiro atoms. The Balaban J connectivity index is 2.06. The molecular formula is C26H32Cl2IN3O5. The number of hydrazone groups is 1. The van der Waals surface area contributed by atoms with E-state index in [9.17, 15) is 9.59 Å². The normalized spacial score (nSPS) is 12.8. The highest BCUT2D eigenvalue weighted by Crippen LogP contribution is 2.33. The number of hydrogen-bond acceptors (Lipinski definition) is 6. The van der Waals surface area contributed by atoms with Crippen LogP contribution in [0.15, 0.2) is 35.4 Å². The van der Waals surface area contributed by atoms with E-state index in [2.05, 4.69) is 38.4 Å². The zero-order valence-electron chi connectivity index (χ0n) is 21.4. The Kier molecular flexibility index (Phi) is 12.8. The Bertz CT molecular complexity index is 1110. The Morgan fingerprint density at radius 3 is 2.46 bits per heavy atom. The molecule has 0 saturated carbocycles. The van der Waals surface area contributed by atoms with Crippen LogP contribution in [0.2, 0.25) is 10.0 Å². The van der Waals surface area contributed by atoms with Crippen molar-refractivity contribution in [3.05, 3.63) is 49.5 Å². The summed E-state index contributed by atoms with van der Waals surface area (Å²) in [4.78, 5) is 25.7. The van der Waals surface area contributed by atoms with Gasteiger partial charge in [0.05, 0.1) is 28.5 Å². The van der Waals surface area contributed by atoms with Gasteiger partial charge in [0, 0.05) is 5.02 Å². The number of carbonyl (C=O) groups excluding carboxylic acids is 2. The van der Waals surface area contributed by atoms with Gasteiger partial charge in [-0.05, 0) is 84.2 Å². The SMILES string of the molecule is CCCOc1c(I)cc(/C=N\NC(=O)[C@@H](CC(C)C)NC(=O)[C@H](C)Oc2ccc(Cl)cc2Cl)cc1OC. The molecule has 0 heterocycles. The van der Waals surface area contributed by atoms with Gasteiger partial charge < -0.3 is 19.5 Å². The number of carbonyl (C=O) groups is 2. The number of halogens is 3. The first-order chi connectivity index (χ1) is 17.5. The molecule has 2 rings (SSSR count). The molecule has 2 aromatic rings. The molecule has 8 nitrogen and oxygen atoms in total. The quantitative estimate of drug-likeness (QED) is 0.159. The van der Waals surface area contributed by atoms with Crippen molar-refractivity contribution in [3.63, 3.8) is 0 Å². The van der Waals surface area contributed by atoms with E-state index in [0.717, 1.165) is 15.6 Å². The fourth-order valence-corrected chi connectivity index (χ4v) is 4.45. The van der Waals surface area contributed by atoms with Crippen molar-refractivity contribution in [1.29, 1.82) is 0 Å². The molecule has 0 radical (unpaired) electrons. The van der Waals surface area contributed by atoms with Gasteiger partial charge in [-0.15, -0.1) is 0 Å². The summed E-state index contributed by atoms with van der Waals surface area (Å²) in [7, 11) is 1.57. The number of hydrogen-bond donors (Lipinski definition) is 2. The lowest BCUT2D eigenvalue weighted by Gasteiger charge is -2.22.